The molecular weight excluding hydrogens is 376 g/mol. The van der Waals surface area contributed by atoms with Crippen LogP contribution in [0.4, 0.5) is 5.95 Å². The molecule has 0 aliphatic carbocycles. The average Bonchev–Trinajstić information content (AvgIpc) is 2.64. The van der Waals surface area contributed by atoms with E-state index in [1.54, 1.807) is 12.4 Å². The zero-order valence-corrected chi connectivity index (χ0v) is 15.3. The minimum absolute atomic E-state index is 0.0656. The van der Waals surface area contributed by atoms with Crippen LogP contribution in [0.15, 0.2) is 22.0 Å². The van der Waals surface area contributed by atoms with Crippen molar-refractivity contribution < 1.29 is 14.3 Å². The molecular formula is C16H23BrN4O3. The number of hydrogen-bond acceptors (Lipinski definition) is 7. The third-order valence-electron chi connectivity index (χ3n) is 4.04. The van der Waals surface area contributed by atoms with Crippen LogP contribution in [-0.2, 0) is 14.3 Å². The van der Waals surface area contributed by atoms with Gasteiger partial charge in [-0.3, -0.25) is 0 Å². The lowest BCUT2D eigenvalue weighted by Crippen LogP contribution is -2.35. The first-order valence-electron chi connectivity index (χ1n) is 8.44. The van der Waals surface area contributed by atoms with Gasteiger partial charge in [-0.25, -0.2) is 9.97 Å². The second kappa shape index (κ2) is 9.29. The van der Waals surface area contributed by atoms with E-state index in [9.17, 15) is 0 Å². The summed E-state index contributed by atoms with van der Waals surface area (Å²) in [4.78, 5) is 16.2. The molecule has 0 aromatic carbocycles. The van der Waals surface area contributed by atoms with Crippen LogP contribution in [0.3, 0.4) is 0 Å². The molecule has 1 aromatic heterocycles. The molecule has 132 valence electrons. The molecule has 0 N–H and O–H groups in total. The summed E-state index contributed by atoms with van der Waals surface area (Å²) in [6.07, 6.45) is 8.49. The summed E-state index contributed by atoms with van der Waals surface area (Å²) in [5, 5.41) is 4.23. The number of rotatable bonds is 6. The predicted octanol–water partition coefficient (Wildman–Crippen LogP) is 2.76. The highest BCUT2D eigenvalue weighted by Gasteiger charge is 2.18. The fourth-order valence-electron chi connectivity index (χ4n) is 2.72. The first-order chi connectivity index (χ1) is 11.8. The van der Waals surface area contributed by atoms with Crippen LogP contribution in [0.25, 0.3) is 0 Å². The molecule has 0 bridgehead atoms. The lowest BCUT2D eigenvalue weighted by molar-refractivity contribution is -0.169. The molecule has 0 amide bonds. The van der Waals surface area contributed by atoms with Crippen LogP contribution < -0.4 is 4.90 Å². The number of anilines is 1. The quantitative estimate of drug-likeness (QED) is 0.541. The van der Waals surface area contributed by atoms with Gasteiger partial charge in [-0.2, -0.15) is 0 Å². The van der Waals surface area contributed by atoms with Gasteiger partial charge in [0.15, 0.2) is 6.29 Å². The Morgan fingerprint density at radius 3 is 2.71 bits per heavy atom. The molecule has 0 spiro atoms. The van der Waals surface area contributed by atoms with E-state index >= 15 is 0 Å². The minimum atomic E-state index is -0.0656. The van der Waals surface area contributed by atoms with Crippen molar-refractivity contribution in [2.24, 2.45) is 5.16 Å². The summed E-state index contributed by atoms with van der Waals surface area (Å²) in [7, 11) is 0. The van der Waals surface area contributed by atoms with E-state index in [0.717, 1.165) is 61.5 Å². The van der Waals surface area contributed by atoms with Crippen LogP contribution in [-0.4, -0.2) is 54.9 Å². The fraction of sp³-hybridized carbons (Fsp3) is 0.688. The van der Waals surface area contributed by atoms with Crippen LogP contribution in [0.1, 0.15) is 32.1 Å². The summed E-state index contributed by atoms with van der Waals surface area (Å²) in [6.45, 7) is 3.49. The van der Waals surface area contributed by atoms with Crippen molar-refractivity contribution in [3.63, 3.8) is 0 Å². The molecule has 2 aliphatic rings. The number of oxime groups is 1. The van der Waals surface area contributed by atoms with E-state index < -0.39 is 0 Å². The molecule has 0 saturated carbocycles. The molecule has 0 radical (unpaired) electrons. The molecule has 7 nitrogen and oxygen atoms in total. The van der Waals surface area contributed by atoms with E-state index in [4.69, 9.17) is 14.3 Å². The first kappa shape index (κ1) is 17.6. The largest absolute Gasteiger partial charge is 0.393 e. The van der Waals surface area contributed by atoms with E-state index in [0.29, 0.717) is 13.2 Å². The Hall–Kier alpha value is -1.25. The zero-order chi connectivity index (χ0) is 16.6. The van der Waals surface area contributed by atoms with Crippen LogP contribution in [0, 0.1) is 0 Å². The Balaban J connectivity index is 1.32. The fourth-order valence-corrected chi connectivity index (χ4v) is 2.93. The summed E-state index contributed by atoms with van der Waals surface area (Å²) >= 11 is 3.35. The van der Waals surface area contributed by atoms with Crippen molar-refractivity contribution in [2.45, 2.75) is 38.4 Å². The molecule has 3 heterocycles. The lowest BCUT2D eigenvalue weighted by Gasteiger charge is -2.27. The van der Waals surface area contributed by atoms with Crippen molar-refractivity contribution in [1.29, 1.82) is 0 Å². The standard InChI is InChI=1S/C16H23BrN4O3/c17-13-11-18-16(19-12-13)21-6-4-14(5-7-21)20-24-10-9-23-15-3-1-2-8-22-15/h11-12,15H,1-10H2. The van der Waals surface area contributed by atoms with E-state index in [1.807, 2.05) is 0 Å². The molecule has 2 aliphatic heterocycles. The Labute approximate surface area is 150 Å². The van der Waals surface area contributed by atoms with Gasteiger partial charge in [0, 0.05) is 44.9 Å². The van der Waals surface area contributed by atoms with Gasteiger partial charge in [0.2, 0.25) is 5.95 Å². The van der Waals surface area contributed by atoms with E-state index in [-0.39, 0.29) is 6.29 Å². The zero-order valence-electron chi connectivity index (χ0n) is 13.7. The number of aromatic nitrogens is 2. The normalized spacial score (nSPS) is 21.6. The van der Waals surface area contributed by atoms with Gasteiger partial charge >= 0.3 is 0 Å². The van der Waals surface area contributed by atoms with Crippen molar-refractivity contribution in [3.8, 4) is 0 Å². The van der Waals surface area contributed by atoms with Gasteiger partial charge < -0.3 is 19.2 Å². The summed E-state index contributed by atoms with van der Waals surface area (Å²) in [5.41, 5.74) is 1.08. The monoisotopic (exact) mass is 398 g/mol. The first-order valence-corrected chi connectivity index (χ1v) is 9.24. The van der Waals surface area contributed by atoms with Gasteiger partial charge in [0.1, 0.15) is 6.61 Å². The molecule has 1 unspecified atom stereocenters. The highest BCUT2D eigenvalue weighted by molar-refractivity contribution is 9.10. The molecule has 1 aromatic rings. The van der Waals surface area contributed by atoms with Gasteiger partial charge in [-0.15, -0.1) is 0 Å². The minimum Gasteiger partial charge on any atom is -0.393 e. The maximum absolute atomic E-state index is 5.61. The molecule has 2 saturated heterocycles. The Morgan fingerprint density at radius 1 is 1.21 bits per heavy atom. The maximum Gasteiger partial charge on any atom is 0.225 e. The average molecular weight is 399 g/mol. The summed E-state index contributed by atoms with van der Waals surface area (Å²) < 4.78 is 12.0. The Bertz CT molecular complexity index is 525. The second-order valence-corrected chi connectivity index (χ2v) is 6.76. The smallest absolute Gasteiger partial charge is 0.225 e. The molecule has 24 heavy (non-hydrogen) atoms. The van der Waals surface area contributed by atoms with E-state index in [2.05, 4.69) is 36.0 Å². The molecule has 8 heteroatoms. The van der Waals surface area contributed by atoms with Gasteiger partial charge in [-0.05, 0) is 35.2 Å². The lowest BCUT2D eigenvalue weighted by atomic mass is 10.1. The molecule has 2 fully saturated rings. The van der Waals surface area contributed by atoms with Crippen molar-refractivity contribution in [3.05, 3.63) is 16.9 Å². The third kappa shape index (κ3) is 5.39. The van der Waals surface area contributed by atoms with Crippen LogP contribution >= 0.6 is 15.9 Å². The second-order valence-electron chi connectivity index (χ2n) is 5.85. The van der Waals surface area contributed by atoms with Gasteiger partial charge in [0.05, 0.1) is 16.8 Å². The third-order valence-corrected chi connectivity index (χ3v) is 4.45. The number of ether oxygens (including phenoxy) is 2. The topological polar surface area (TPSA) is 69.1 Å². The molecule has 1 atom stereocenters. The van der Waals surface area contributed by atoms with Crippen molar-refractivity contribution >= 4 is 27.6 Å². The van der Waals surface area contributed by atoms with Crippen molar-refractivity contribution in [2.75, 3.05) is 37.8 Å². The SMILES string of the molecule is Brc1cnc(N2CCC(=NOCCOC3CCCCO3)CC2)nc1. The highest BCUT2D eigenvalue weighted by Crippen LogP contribution is 2.16. The number of nitrogens with zero attached hydrogens (tertiary/aromatic N) is 4. The number of hydrogen-bond donors (Lipinski definition) is 0. The van der Waals surface area contributed by atoms with Crippen molar-refractivity contribution in [1.82, 2.24) is 9.97 Å². The summed E-state index contributed by atoms with van der Waals surface area (Å²) in [5.74, 6) is 0.763. The Morgan fingerprint density at radius 2 is 2.00 bits per heavy atom. The maximum atomic E-state index is 5.61. The van der Waals surface area contributed by atoms with Crippen LogP contribution in [0.5, 0.6) is 0 Å². The van der Waals surface area contributed by atoms with Crippen LogP contribution in [0.2, 0.25) is 0 Å². The van der Waals surface area contributed by atoms with Gasteiger partial charge in [-0.1, -0.05) is 5.16 Å². The van der Waals surface area contributed by atoms with E-state index in [1.165, 1.54) is 6.42 Å². The Kier molecular flexibility index (Phi) is 6.80. The number of piperidine rings is 1. The number of halogens is 1. The predicted molar refractivity (Wildman–Crippen MR) is 94.1 cm³/mol. The molecule has 3 rings (SSSR count). The highest BCUT2D eigenvalue weighted by atomic mass is 79.9. The summed E-state index contributed by atoms with van der Waals surface area (Å²) in [6, 6.07) is 0. The van der Waals surface area contributed by atoms with Gasteiger partial charge in [0.25, 0.3) is 0 Å².